The van der Waals surface area contributed by atoms with Gasteiger partial charge in [0.15, 0.2) is 5.75 Å². The minimum absolute atomic E-state index is 0.0466. The number of hydrogen-bond donors (Lipinski definition) is 0. The van der Waals surface area contributed by atoms with E-state index >= 15 is 0 Å². The van der Waals surface area contributed by atoms with Crippen LogP contribution in [-0.2, 0) is 6.54 Å². The van der Waals surface area contributed by atoms with Crippen molar-refractivity contribution in [3.63, 3.8) is 0 Å². The van der Waals surface area contributed by atoms with Crippen LogP contribution in [0.1, 0.15) is 6.92 Å². The van der Waals surface area contributed by atoms with Gasteiger partial charge < -0.3 is 4.74 Å². The van der Waals surface area contributed by atoms with E-state index in [1.54, 1.807) is 6.92 Å². The van der Waals surface area contributed by atoms with Crippen LogP contribution in [0.3, 0.4) is 0 Å². The van der Waals surface area contributed by atoms with Crippen molar-refractivity contribution in [2.45, 2.75) is 20.1 Å². The molecule has 0 unspecified atom stereocenters. The SMILES string of the molecule is CCn1ncc(OC(F)F)c(Br)c1=O. The average molecular weight is 269 g/mol. The summed E-state index contributed by atoms with van der Waals surface area (Å²) in [5.74, 6) is -0.255. The molecule has 0 aliphatic heterocycles. The fraction of sp³-hybridized carbons (Fsp3) is 0.429. The lowest BCUT2D eigenvalue weighted by Gasteiger charge is -2.07. The van der Waals surface area contributed by atoms with Crippen LogP contribution in [0.4, 0.5) is 8.78 Å². The maximum atomic E-state index is 11.8. The predicted molar refractivity (Wildman–Crippen MR) is 48.5 cm³/mol. The van der Waals surface area contributed by atoms with Gasteiger partial charge in [-0.05, 0) is 22.9 Å². The van der Waals surface area contributed by atoms with Crippen molar-refractivity contribution >= 4 is 15.9 Å². The first-order valence-corrected chi connectivity index (χ1v) is 4.56. The summed E-state index contributed by atoms with van der Waals surface area (Å²) >= 11 is 2.87. The average Bonchev–Trinajstić information content (AvgIpc) is 2.13. The summed E-state index contributed by atoms with van der Waals surface area (Å²) in [6, 6.07) is 0. The van der Waals surface area contributed by atoms with Crippen molar-refractivity contribution in [2.24, 2.45) is 0 Å². The van der Waals surface area contributed by atoms with Gasteiger partial charge in [-0.3, -0.25) is 4.79 Å². The highest BCUT2D eigenvalue weighted by molar-refractivity contribution is 9.10. The van der Waals surface area contributed by atoms with Crippen LogP contribution < -0.4 is 10.3 Å². The largest absolute Gasteiger partial charge is 0.432 e. The highest BCUT2D eigenvalue weighted by atomic mass is 79.9. The number of hydrogen-bond acceptors (Lipinski definition) is 3. The second kappa shape index (κ2) is 4.50. The van der Waals surface area contributed by atoms with E-state index in [0.29, 0.717) is 6.54 Å². The molecule has 0 aliphatic rings. The Morgan fingerprint density at radius 2 is 2.36 bits per heavy atom. The third-order valence-electron chi connectivity index (χ3n) is 1.47. The van der Waals surface area contributed by atoms with Gasteiger partial charge in [0.25, 0.3) is 5.56 Å². The molecule has 0 saturated heterocycles. The van der Waals surface area contributed by atoms with E-state index in [0.717, 1.165) is 10.9 Å². The van der Waals surface area contributed by atoms with Gasteiger partial charge in [0, 0.05) is 6.54 Å². The topological polar surface area (TPSA) is 44.1 Å². The molecule has 14 heavy (non-hydrogen) atoms. The third kappa shape index (κ3) is 2.28. The number of rotatable bonds is 3. The lowest BCUT2D eigenvalue weighted by Crippen LogP contribution is -2.23. The van der Waals surface area contributed by atoms with Crippen LogP contribution in [0.15, 0.2) is 15.5 Å². The Morgan fingerprint density at radius 1 is 1.71 bits per heavy atom. The van der Waals surface area contributed by atoms with Crippen molar-refractivity contribution < 1.29 is 13.5 Å². The van der Waals surface area contributed by atoms with E-state index in [9.17, 15) is 13.6 Å². The van der Waals surface area contributed by atoms with E-state index in [-0.39, 0.29) is 10.2 Å². The Kier molecular flexibility index (Phi) is 3.56. The standard InChI is InChI=1S/C7H7BrF2N2O2/c1-2-12-6(13)5(8)4(3-11-12)14-7(9)10/h3,7H,2H2,1H3. The summed E-state index contributed by atoms with van der Waals surface area (Å²) < 4.78 is 28.8. The van der Waals surface area contributed by atoms with Gasteiger partial charge in [-0.25, -0.2) is 4.68 Å². The molecule has 0 saturated carbocycles. The first-order valence-electron chi connectivity index (χ1n) is 3.76. The predicted octanol–water partition coefficient (Wildman–Crippen LogP) is 1.63. The molecule has 1 heterocycles. The van der Waals surface area contributed by atoms with E-state index < -0.39 is 12.2 Å². The first-order chi connectivity index (χ1) is 6.56. The second-order valence-corrected chi connectivity index (χ2v) is 3.12. The number of ether oxygens (including phenoxy) is 1. The number of nitrogens with zero attached hydrogens (tertiary/aromatic N) is 2. The van der Waals surface area contributed by atoms with Gasteiger partial charge in [-0.1, -0.05) is 0 Å². The molecule has 0 amide bonds. The fourth-order valence-electron chi connectivity index (χ4n) is 0.853. The van der Waals surface area contributed by atoms with Gasteiger partial charge in [-0.15, -0.1) is 0 Å². The molecule has 1 rings (SSSR count). The third-order valence-corrected chi connectivity index (χ3v) is 2.20. The number of aryl methyl sites for hydroxylation is 1. The molecule has 0 aliphatic carbocycles. The zero-order valence-corrected chi connectivity index (χ0v) is 8.79. The number of alkyl halides is 2. The molecule has 0 radical (unpaired) electrons. The van der Waals surface area contributed by atoms with Gasteiger partial charge in [0.2, 0.25) is 0 Å². The first kappa shape index (κ1) is 11.1. The Balaban J connectivity index is 3.11. The maximum absolute atomic E-state index is 11.8. The van der Waals surface area contributed by atoms with Crippen molar-refractivity contribution in [1.82, 2.24) is 9.78 Å². The molecule has 78 valence electrons. The van der Waals surface area contributed by atoms with Gasteiger partial charge in [0.05, 0.1) is 6.20 Å². The Labute approximate surface area is 86.6 Å². The molecule has 4 nitrogen and oxygen atoms in total. The lowest BCUT2D eigenvalue weighted by atomic mass is 10.5. The summed E-state index contributed by atoms with van der Waals surface area (Å²) in [6.07, 6.45) is 1.07. The Hall–Kier alpha value is -0.980. The van der Waals surface area contributed by atoms with Crippen molar-refractivity contribution in [3.8, 4) is 5.75 Å². The molecule has 0 spiro atoms. The van der Waals surface area contributed by atoms with E-state index in [1.165, 1.54) is 0 Å². The van der Waals surface area contributed by atoms with Crippen LogP contribution in [0.2, 0.25) is 0 Å². The highest BCUT2D eigenvalue weighted by Crippen LogP contribution is 2.20. The Bertz CT molecular complexity index is 380. The number of halogens is 3. The van der Waals surface area contributed by atoms with E-state index in [1.807, 2.05) is 0 Å². The van der Waals surface area contributed by atoms with Crippen LogP contribution in [0, 0.1) is 0 Å². The highest BCUT2D eigenvalue weighted by Gasteiger charge is 2.12. The number of aromatic nitrogens is 2. The zero-order valence-electron chi connectivity index (χ0n) is 7.21. The summed E-state index contributed by atoms with van der Waals surface area (Å²) in [5.41, 5.74) is -0.495. The van der Waals surface area contributed by atoms with Crippen LogP contribution in [0.25, 0.3) is 0 Å². The summed E-state index contributed by atoms with van der Waals surface area (Å²) in [7, 11) is 0. The molecule has 7 heteroatoms. The van der Waals surface area contributed by atoms with Gasteiger partial charge in [0.1, 0.15) is 4.47 Å². The molecule has 0 aromatic carbocycles. The molecule has 0 fully saturated rings. The molecule has 1 aromatic rings. The van der Waals surface area contributed by atoms with Crippen molar-refractivity contribution in [1.29, 1.82) is 0 Å². The second-order valence-electron chi connectivity index (χ2n) is 2.32. The van der Waals surface area contributed by atoms with Crippen molar-refractivity contribution in [2.75, 3.05) is 0 Å². The summed E-state index contributed by atoms with van der Waals surface area (Å²) in [5, 5.41) is 3.63. The molecular formula is C7H7BrF2N2O2. The van der Waals surface area contributed by atoms with E-state index in [2.05, 4.69) is 25.8 Å². The summed E-state index contributed by atoms with van der Waals surface area (Å²) in [6.45, 7) is -0.883. The zero-order chi connectivity index (χ0) is 10.7. The monoisotopic (exact) mass is 268 g/mol. The van der Waals surface area contributed by atoms with E-state index in [4.69, 9.17) is 0 Å². The minimum Gasteiger partial charge on any atom is -0.432 e. The normalized spacial score (nSPS) is 10.6. The maximum Gasteiger partial charge on any atom is 0.387 e. The molecule has 0 N–H and O–H groups in total. The smallest absolute Gasteiger partial charge is 0.387 e. The summed E-state index contributed by atoms with van der Waals surface area (Å²) in [4.78, 5) is 11.3. The molecule has 0 atom stereocenters. The molecule has 0 bridgehead atoms. The molecule has 1 aromatic heterocycles. The van der Waals surface area contributed by atoms with Crippen LogP contribution in [0.5, 0.6) is 5.75 Å². The minimum atomic E-state index is -2.97. The lowest BCUT2D eigenvalue weighted by molar-refractivity contribution is -0.0508. The quantitative estimate of drug-likeness (QED) is 0.837. The Morgan fingerprint density at radius 3 is 2.86 bits per heavy atom. The van der Waals surface area contributed by atoms with Crippen LogP contribution >= 0.6 is 15.9 Å². The van der Waals surface area contributed by atoms with Crippen molar-refractivity contribution in [3.05, 3.63) is 21.0 Å². The van der Waals surface area contributed by atoms with Gasteiger partial charge in [-0.2, -0.15) is 13.9 Å². The fourth-order valence-corrected chi connectivity index (χ4v) is 1.25. The van der Waals surface area contributed by atoms with Crippen LogP contribution in [-0.4, -0.2) is 16.4 Å². The molecular weight excluding hydrogens is 262 g/mol. The van der Waals surface area contributed by atoms with Gasteiger partial charge >= 0.3 is 6.61 Å².